The average Bonchev–Trinajstić information content (AvgIpc) is 2.29. The first-order chi connectivity index (χ1) is 8.29. The number of hydrogen-bond acceptors (Lipinski definition) is 4. The quantitative estimate of drug-likeness (QED) is 0.700. The Morgan fingerprint density at radius 1 is 1.39 bits per heavy atom. The predicted molar refractivity (Wildman–Crippen MR) is 72.0 cm³/mol. The van der Waals surface area contributed by atoms with Gasteiger partial charge in [-0.1, -0.05) is 19.9 Å². The van der Waals surface area contributed by atoms with Crippen LogP contribution in [-0.4, -0.2) is 46.9 Å². The second-order valence-corrected chi connectivity index (χ2v) is 4.83. The van der Waals surface area contributed by atoms with E-state index in [1.807, 2.05) is 34.6 Å². The van der Waals surface area contributed by atoms with Crippen molar-refractivity contribution >= 4 is 13.2 Å². The number of amides is 1. The lowest BCUT2D eigenvalue weighted by Gasteiger charge is -2.29. The fourth-order valence-electron chi connectivity index (χ4n) is 1.41. The minimum Gasteiger partial charge on any atom is -0.444 e. The van der Waals surface area contributed by atoms with E-state index in [1.165, 1.54) is 4.90 Å². The summed E-state index contributed by atoms with van der Waals surface area (Å²) in [6.45, 7) is 10.3. The van der Waals surface area contributed by atoms with Gasteiger partial charge in [-0.25, -0.2) is 4.79 Å². The summed E-state index contributed by atoms with van der Waals surface area (Å²) in [5, 5.41) is 17.9. The number of carbonyl (C=O) groups excluding carboxylic acids is 1. The van der Waals surface area contributed by atoms with Crippen molar-refractivity contribution in [3.8, 4) is 0 Å². The molecule has 1 rings (SSSR count). The number of nitrogens with zero attached hydrogens (tertiary/aromatic N) is 1. The van der Waals surface area contributed by atoms with Gasteiger partial charge in [-0.05, 0) is 32.7 Å². The summed E-state index contributed by atoms with van der Waals surface area (Å²) in [4.78, 5) is 13.2. The minimum absolute atomic E-state index is 0.363. The van der Waals surface area contributed by atoms with Crippen molar-refractivity contribution in [3.63, 3.8) is 0 Å². The number of rotatable bonds is 1. The van der Waals surface area contributed by atoms with Gasteiger partial charge in [0, 0.05) is 13.1 Å². The summed E-state index contributed by atoms with van der Waals surface area (Å²) in [6, 6.07) is 0. The van der Waals surface area contributed by atoms with Gasteiger partial charge in [0.05, 0.1) is 0 Å². The molecule has 0 atom stereocenters. The molecule has 0 saturated heterocycles. The van der Waals surface area contributed by atoms with Crippen molar-refractivity contribution in [1.82, 2.24) is 4.90 Å². The second-order valence-electron chi connectivity index (χ2n) is 4.83. The summed E-state index contributed by atoms with van der Waals surface area (Å²) in [5.74, 6) is 0. The smallest absolute Gasteiger partial charge is 0.444 e. The van der Waals surface area contributed by atoms with Gasteiger partial charge in [-0.15, -0.1) is 0 Å². The maximum atomic E-state index is 11.6. The van der Waals surface area contributed by atoms with E-state index in [2.05, 4.69) is 0 Å². The zero-order valence-electron chi connectivity index (χ0n) is 11.9. The van der Waals surface area contributed by atoms with Crippen LogP contribution < -0.4 is 0 Å². The second kappa shape index (κ2) is 7.43. The maximum absolute atomic E-state index is 11.6. The Balaban J connectivity index is 0.00000137. The van der Waals surface area contributed by atoms with Gasteiger partial charge in [0.1, 0.15) is 5.60 Å². The molecule has 6 heteroatoms. The third-order valence-corrected chi connectivity index (χ3v) is 2.23. The van der Waals surface area contributed by atoms with Crippen LogP contribution in [0.5, 0.6) is 0 Å². The van der Waals surface area contributed by atoms with Crippen molar-refractivity contribution < 1.29 is 19.6 Å². The van der Waals surface area contributed by atoms with Crippen LogP contribution in [0, 0.1) is 0 Å². The monoisotopic (exact) mass is 257 g/mol. The van der Waals surface area contributed by atoms with Gasteiger partial charge in [-0.3, -0.25) is 0 Å². The number of carbonyl (C=O) groups is 1. The molecule has 2 N–H and O–H groups in total. The van der Waals surface area contributed by atoms with Crippen LogP contribution in [0.4, 0.5) is 4.79 Å². The van der Waals surface area contributed by atoms with Gasteiger partial charge in [0.2, 0.25) is 0 Å². The molecule has 0 fully saturated rings. The lowest BCUT2D eigenvalue weighted by atomic mass is 9.76. The summed E-state index contributed by atoms with van der Waals surface area (Å²) in [7, 11) is -1.42. The van der Waals surface area contributed by atoms with Crippen molar-refractivity contribution in [3.05, 3.63) is 11.5 Å². The standard InChI is InChI=1S/C10H18BNO4.C2H6/c1-10(2,3)16-9(13)12-6-4-8(5-7-12)11(14)15;1-2/h4,14-15H,5-7H2,1-3H3;1-2H3. The third kappa shape index (κ3) is 6.07. The molecule has 0 bridgehead atoms. The highest BCUT2D eigenvalue weighted by Crippen LogP contribution is 2.15. The van der Waals surface area contributed by atoms with Crippen molar-refractivity contribution in [2.75, 3.05) is 13.1 Å². The molecule has 0 radical (unpaired) electrons. The minimum atomic E-state index is -1.42. The van der Waals surface area contributed by atoms with E-state index in [9.17, 15) is 4.79 Å². The molecule has 0 aromatic heterocycles. The molecule has 18 heavy (non-hydrogen) atoms. The molecule has 0 spiro atoms. The van der Waals surface area contributed by atoms with Gasteiger partial charge in [-0.2, -0.15) is 0 Å². The molecule has 1 aliphatic heterocycles. The molecule has 1 heterocycles. The normalized spacial score (nSPS) is 15.3. The Morgan fingerprint density at radius 2 is 1.94 bits per heavy atom. The van der Waals surface area contributed by atoms with Crippen LogP contribution in [0.15, 0.2) is 11.5 Å². The summed E-state index contributed by atoms with van der Waals surface area (Å²) < 4.78 is 5.21. The molecular formula is C12H24BNO4. The summed E-state index contributed by atoms with van der Waals surface area (Å²) in [6.07, 6.45) is 1.75. The van der Waals surface area contributed by atoms with Crippen LogP contribution in [0.25, 0.3) is 0 Å². The Labute approximate surface area is 110 Å². The maximum Gasteiger partial charge on any atom is 0.483 e. The molecule has 0 saturated carbocycles. The highest BCUT2D eigenvalue weighted by molar-refractivity contribution is 6.50. The Bertz CT molecular complexity index is 297. The zero-order chi connectivity index (χ0) is 14.3. The van der Waals surface area contributed by atoms with Gasteiger partial charge >= 0.3 is 13.2 Å². The third-order valence-electron chi connectivity index (χ3n) is 2.23. The Hall–Kier alpha value is -1.01. The van der Waals surface area contributed by atoms with Gasteiger partial charge in [0.25, 0.3) is 0 Å². The predicted octanol–water partition coefficient (Wildman–Crippen LogP) is 1.59. The van der Waals surface area contributed by atoms with E-state index in [-0.39, 0.29) is 6.09 Å². The first-order valence-electron chi connectivity index (χ1n) is 6.32. The van der Waals surface area contributed by atoms with Crippen LogP contribution >= 0.6 is 0 Å². The lowest BCUT2D eigenvalue weighted by molar-refractivity contribution is 0.0266. The van der Waals surface area contributed by atoms with Crippen LogP contribution in [0.3, 0.4) is 0 Å². The van der Waals surface area contributed by atoms with Crippen molar-refractivity contribution in [1.29, 1.82) is 0 Å². The number of ether oxygens (including phenoxy) is 1. The first kappa shape index (κ1) is 17.0. The highest BCUT2D eigenvalue weighted by Gasteiger charge is 2.26. The van der Waals surface area contributed by atoms with E-state index in [0.29, 0.717) is 25.0 Å². The first-order valence-corrected chi connectivity index (χ1v) is 6.32. The van der Waals surface area contributed by atoms with Gasteiger partial charge < -0.3 is 19.7 Å². The topological polar surface area (TPSA) is 70.0 Å². The Kier molecular flexibility index (Phi) is 7.02. The van der Waals surface area contributed by atoms with Crippen LogP contribution in [0.1, 0.15) is 41.0 Å². The van der Waals surface area contributed by atoms with Gasteiger partial charge in [0.15, 0.2) is 0 Å². The largest absolute Gasteiger partial charge is 0.483 e. The van der Waals surface area contributed by atoms with Crippen LogP contribution in [0.2, 0.25) is 0 Å². The highest BCUT2D eigenvalue weighted by atomic mass is 16.6. The molecule has 0 aliphatic carbocycles. The molecular weight excluding hydrogens is 233 g/mol. The fourth-order valence-corrected chi connectivity index (χ4v) is 1.41. The average molecular weight is 257 g/mol. The van der Waals surface area contributed by atoms with E-state index in [1.54, 1.807) is 6.08 Å². The fraction of sp³-hybridized carbons (Fsp3) is 0.750. The number of hydrogen-bond donors (Lipinski definition) is 2. The lowest BCUT2D eigenvalue weighted by Crippen LogP contribution is -2.40. The van der Waals surface area contributed by atoms with E-state index < -0.39 is 12.7 Å². The molecule has 1 amide bonds. The van der Waals surface area contributed by atoms with E-state index in [0.717, 1.165) is 0 Å². The molecule has 0 aromatic rings. The molecule has 5 nitrogen and oxygen atoms in total. The van der Waals surface area contributed by atoms with Crippen LogP contribution in [-0.2, 0) is 4.74 Å². The Morgan fingerprint density at radius 3 is 2.28 bits per heavy atom. The van der Waals surface area contributed by atoms with E-state index >= 15 is 0 Å². The molecule has 0 aromatic carbocycles. The summed E-state index contributed by atoms with van der Waals surface area (Å²) >= 11 is 0. The molecule has 104 valence electrons. The van der Waals surface area contributed by atoms with Crippen molar-refractivity contribution in [2.24, 2.45) is 0 Å². The summed E-state index contributed by atoms with van der Waals surface area (Å²) in [5.41, 5.74) is 0.0530. The SMILES string of the molecule is CC.CC(C)(C)OC(=O)N1CC=C(B(O)O)CC1. The van der Waals surface area contributed by atoms with E-state index in [4.69, 9.17) is 14.8 Å². The molecule has 1 aliphatic rings. The van der Waals surface area contributed by atoms with Crippen molar-refractivity contribution in [2.45, 2.75) is 46.6 Å². The zero-order valence-corrected chi connectivity index (χ0v) is 11.9. The molecule has 0 unspecified atom stereocenters.